The van der Waals surface area contributed by atoms with Gasteiger partial charge in [0.05, 0.1) is 18.0 Å². The van der Waals surface area contributed by atoms with Gasteiger partial charge in [-0.05, 0) is 51.3 Å². The summed E-state index contributed by atoms with van der Waals surface area (Å²) < 4.78 is 8.12. The summed E-state index contributed by atoms with van der Waals surface area (Å²) in [4.78, 5) is 13.7. The number of para-hydroxylation sites is 2. The van der Waals surface area contributed by atoms with Crippen LogP contribution in [0.15, 0.2) is 48.0 Å². The van der Waals surface area contributed by atoms with Gasteiger partial charge in [0.15, 0.2) is 11.0 Å². The maximum atomic E-state index is 6.12. The number of likely N-dealkylation sites (tertiary alicyclic amines) is 1. The highest BCUT2D eigenvalue weighted by Gasteiger charge is 2.41. The quantitative estimate of drug-likeness (QED) is 0.339. The van der Waals surface area contributed by atoms with Crippen molar-refractivity contribution in [3.63, 3.8) is 0 Å². The molecule has 0 bridgehead atoms. The Kier molecular flexibility index (Phi) is 7.01. The normalized spacial score (nSPS) is 20.3. The molecule has 180 valence electrons. The summed E-state index contributed by atoms with van der Waals surface area (Å²) in [6, 6.07) is 9.10. The number of fused-ring (bicyclic) bond motifs is 1. The molecule has 0 aliphatic carbocycles. The molecule has 2 fully saturated rings. The molecule has 0 radical (unpaired) electrons. The fourth-order valence-electron chi connectivity index (χ4n) is 5.11. The lowest BCUT2D eigenvalue weighted by Crippen LogP contribution is -2.35. The lowest BCUT2D eigenvalue weighted by Gasteiger charge is -2.29. The Bertz CT molecular complexity index is 1090. The highest BCUT2D eigenvalue weighted by Crippen LogP contribution is 2.39. The van der Waals surface area contributed by atoms with Crippen molar-refractivity contribution in [2.24, 2.45) is 13.0 Å². The van der Waals surface area contributed by atoms with Crippen molar-refractivity contribution < 1.29 is 4.74 Å². The summed E-state index contributed by atoms with van der Waals surface area (Å²) in [7, 11) is 1.99. The zero-order valence-electron chi connectivity index (χ0n) is 20.2. The second kappa shape index (κ2) is 10.3. The van der Waals surface area contributed by atoms with Crippen LogP contribution in [0.2, 0.25) is 0 Å². The Morgan fingerprint density at radius 2 is 2.03 bits per heavy atom. The van der Waals surface area contributed by atoms with Crippen LogP contribution < -0.4 is 9.64 Å². The Morgan fingerprint density at radius 3 is 2.85 bits per heavy atom. The Hall–Kier alpha value is -2.65. The van der Waals surface area contributed by atoms with Gasteiger partial charge in [0, 0.05) is 50.9 Å². The molecule has 34 heavy (non-hydrogen) atoms. The highest BCUT2D eigenvalue weighted by molar-refractivity contribution is 7.99. The van der Waals surface area contributed by atoms with Gasteiger partial charge in [-0.25, -0.2) is 4.98 Å². The molecule has 2 aliphatic rings. The van der Waals surface area contributed by atoms with Crippen LogP contribution in [-0.4, -0.2) is 73.7 Å². The third kappa shape index (κ3) is 4.90. The van der Waals surface area contributed by atoms with E-state index in [2.05, 4.69) is 68.1 Å². The van der Waals surface area contributed by atoms with Gasteiger partial charge in [0.2, 0.25) is 0 Å². The summed E-state index contributed by atoms with van der Waals surface area (Å²) in [6.07, 6.45) is 7.64. The molecule has 5 rings (SSSR count). The third-order valence-electron chi connectivity index (χ3n) is 6.64. The second-order valence-electron chi connectivity index (χ2n) is 9.36. The zero-order valence-corrected chi connectivity index (χ0v) is 21.0. The minimum atomic E-state index is 0.183. The van der Waals surface area contributed by atoms with Crippen LogP contribution in [0.5, 0.6) is 5.75 Å². The first-order chi connectivity index (χ1) is 16.6. The fraction of sp³-hybridized carbons (Fsp3) is 0.520. The van der Waals surface area contributed by atoms with Gasteiger partial charge in [-0.3, -0.25) is 4.98 Å². The van der Waals surface area contributed by atoms with Crippen molar-refractivity contribution in [1.29, 1.82) is 0 Å². The monoisotopic (exact) mass is 479 g/mol. The van der Waals surface area contributed by atoms with Gasteiger partial charge in [-0.1, -0.05) is 23.9 Å². The third-order valence-corrected chi connectivity index (χ3v) is 7.74. The maximum absolute atomic E-state index is 6.12. The smallest absolute Gasteiger partial charge is 0.191 e. The Labute approximate surface area is 205 Å². The van der Waals surface area contributed by atoms with E-state index >= 15 is 0 Å². The summed E-state index contributed by atoms with van der Waals surface area (Å²) in [5, 5.41) is 9.59. The molecule has 0 spiro atoms. The number of anilines is 1. The molecule has 3 aromatic rings. The SMILES string of the molecule is CC(C)Oc1ccccc1N1CC[C@H]2CN(CCCSc3nnc(-c4cnccn4)n3C)CC21. The molecule has 2 atom stereocenters. The van der Waals surface area contributed by atoms with Gasteiger partial charge >= 0.3 is 0 Å². The van der Waals surface area contributed by atoms with Crippen molar-refractivity contribution in [2.45, 2.75) is 44.0 Å². The molecule has 0 amide bonds. The second-order valence-corrected chi connectivity index (χ2v) is 10.4. The molecule has 4 heterocycles. The summed E-state index contributed by atoms with van der Waals surface area (Å²) >= 11 is 1.76. The van der Waals surface area contributed by atoms with Crippen LogP contribution in [0, 0.1) is 5.92 Å². The molecule has 0 saturated carbocycles. The molecule has 2 saturated heterocycles. The number of rotatable bonds is 9. The number of aromatic nitrogens is 5. The van der Waals surface area contributed by atoms with E-state index in [1.807, 2.05) is 11.6 Å². The number of ether oxygens (including phenoxy) is 1. The summed E-state index contributed by atoms with van der Waals surface area (Å²) in [6.45, 7) is 8.75. The van der Waals surface area contributed by atoms with Crippen LogP contribution in [-0.2, 0) is 7.05 Å². The van der Waals surface area contributed by atoms with Crippen LogP contribution in [0.4, 0.5) is 5.69 Å². The minimum absolute atomic E-state index is 0.183. The summed E-state index contributed by atoms with van der Waals surface area (Å²) in [5.41, 5.74) is 2.00. The van der Waals surface area contributed by atoms with Crippen molar-refractivity contribution >= 4 is 17.4 Å². The number of benzene rings is 1. The predicted octanol–water partition coefficient (Wildman–Crippen LogP) is 3.75. The van der Waals surface area contributed by atoms with Gasteiger partial charge < -0.3 is 19.1 Å². The first-order valence-corrected chi connectivity index (χ1v) is 13.1. The average Bonchev–Trinajstić information content (AvgIpc) is 3.52. The number of thioether (sulfide) groups is 1. The Balaban J connectivity index is 1.13. The van der Waals surface area contributed by atoms with E-state index in [9.17, 15) is 0 Å². The van der Waals surface area contributed by atoms with Gasteiger partial charge in [0.25, 0.3) is 0 Å². The Morgan fingerprint density at radius 1 is 1.15 bits per heavy atom. The fourth-order valence-corrected chi connectivity index (χ4v) is 5.94. The molecule has 9 heteroatoms. The summed E-state index contributed by atoms with van der Waals surface area (Å²) in [5.74, 6) is 3.53. The number of hydrogen-bond donors (Lipinski definition) is 0. The first kappa shape index (κ1) is 23.1. The van der Waals surface area contributed by atoms with Gasteiger partial charge in [-0.2, -0.15) is 0 Å². The zero-order chi connectivity index (χ0) is 23.5. The van der Waals surface area contributed by atoms with E-state index < -0.39 is 0 Å². The van der Waals surface area contributed by atoms with Gasteiger partial charge in [0.1, 0.15) is 11.4 Å². The van der Waals surface area contributed by atoms with Crippen LogP contribution >= 0.6 is 11.8 Å². The molecule has 2 aliphatic heterocycles. The largest absolute Gasteiger partial charge is 0.489 e. The van der Waals surface area contributed by atoms with Crippen molar-refractivity contribution in [3.05, 3.63) is 42.9 Å². The standard InChI is InChI=1S/C25H33N7OS/c1-18(2)33-23-8-5-4-7-21(23)32-13-9-19-16-31(17-22(19)32)12-6-14-34-25-29-28-24(30(25)3)20-15-26-10-11-27-20/h4-5,7-8,10-11,15,18-19,22H,6,9,12-14,16-17H2,1-3H3/t19-,22?/m0/s1. The van der Waals surface area contributed by atoms with Crippen LogP contribution in [0.3, 0.4) is 0 Å². The molecule has 1 unspecified atom stereocenters. The molecule has 0 N–H and O–H groups in total. The van der Waals surface area contributed by atoms with Crippen molar-refractivity contribution in [2.75, 3.05) is 36.8 Å². The van der Waals surface area contributed by atoms with E-state index in [0.29, 0.717) is 6.04 Å². The van der Waals surface area contributed by atoms with E-state index in [-0.39, 0.29) is 6.10 Å². The molecule has 8 nitrogen and oxygen atoms in total. The topological polar surface area (TPSA) is 72.2 Å². The molecule has 1 aromatic carbocycles. The van der Waals surface area contributed by atoms with E-state index in [1.54, 1.807) is 30.4 Å². The number of nitrogens with zero attached hydrogens (tertiary/aromatic N) is 7. The van der Waals surface area contributed by atoms with E-state index in [1.165, 1.54) is 18.7 Å². The van der Waals surface area contributed by atoms with Crippen molar-refractivity contribution in [3.8, 4) is 17.3 Å². The highest BCUT2D eigenvalue weighted by atomic mass is 32.2. The maximum Gasteiger partial charge on any atom is 0.191 e. The molecule has 2 aromatic heterocycles. The lowest BCUT2D eigenvalue weighted by atomic mass is 10.0. The van der Waals surface area contributed by atoms with E-state index in [4.69, 9.17) is 4.74 Å². The lowest BCUT2D eigenvalue weighted by molar-refractivity contribution is 0.242. The van der Waals surface area contributed by atoms with Crippen molar-refractivity contribution in [1.82, 2.24) is 29.6 Å². The van der Waals surface area contributed by atoms with E-state index in [0.717, 1.165) is 60.2 Å². The first-order valence-electron chi connectivity index (χ1n) is 12.1. The van der Waals surface area contributed by atoms with Crippen LogP contribution in [0.25, 0.3) is 11.5 Å². The molecular weight excluding hydrogens is 446 g/mol. The predicted molar refractivity (Wildman–Crippen MR) is 135 cm³/mol. The minimum Gasteiger partial charge on any atom is -0.489 e. The number of hydrogen-bond acceptors (Lipinski definition) is 8. The molecular formula is C25H33N7OS. The van der Waals surface area contributed by atoms with Crippen LogP contribution in [0.1, 0.15) is 26.7 Å². The van der Waals surface area contributed by atoms with Gasteiger partial charge in [-0.15, -0.1) is 10.2 Å². The average molecular weight is 480 g/mol.